The van der Waals surface area contributed by atoms with Gasteiger partial charge in [0.15, 0.2) is 0 Å². The molecule has 0 heterocycles. The number of aromatic carboxylic acids is 2. The van der Waals surface area contributed by atoms with Crippen LogP contribution in [-0.4, -0.2) is 22.2 Å². The molecule has 8 heteroatoms. The number of carboxylic acid groups (broad SMARTS) is 2. The van der Waals surface area contributed by atoms with Crippen molar-refractivity contribution in [2.24, 2.45) is 0 Å². The van der Waals surface area contributed by atoms with Crippen LogP contribution in [-0.2, 0) is 0 Å². The molecule has 0 radical (unpaired) electrons. The van der Waals surface area contributed by atoms with Gasteiger partial charge in [0, 0.05) is 8.95 Å². The van der Waals surface area contributed by atoms with Crippen LogP contribution in [0.2, 0.25) is 10.0 Å². The van der Waals surface area contributed by atoms with E-state index in [0.717, 1.165) is 0 Å². The first-order valence-electron chi connectivity index (χ1n) is 5.67. The molecule has 4 nitrogen and oxygen atoms in total. The second kappa shape index (κ2) is 6.58. The van der Waals surface area contributed by atoms with Crippen LogP contribution in [0.25, 0.3) is 11.1 Å². The van der Waals surface area contributed by atoms with E-state index in [0.29, 0.717) is 8.95 Å². The van der Waals surface area contributed by atoms with Crippen LogP contribution in [0, 0.1) is 0 Å². The van der Waals surface area contributed by atoms with Gasteiger partial charge in [-0.05, 0) is 67.3 Å². The molecule has 0 amide bonds. The molecule has 0 aliphatic carbocycles. The summed E-state index contributed by atoms with van der Waals surface area (Å²) in [6, 6.07) is 5.42. The summed E-state index contributed by atoms with van der Waals surface area (Å²) in [5.41, 5.74) is 0.175. The first kappa shape index (κ1) is 17.3. The second-order valence-electron chi connectivity index (χ2n) is 4.23. The Hall–Kier alpha value is -1.08. The van der Waals surface area contributed by atoms with E-state index in [-0.39, 0.29) is 32.3 Å². The highest BCUT2D eigenvalue weighted by molar-refractivity contribution is 9.10. The van der Waals surface area contributed by atoms with E-state index >= 15 is 0 Å². The Labute approximate surface area is 151 Å². The smallest absolute Gasteiger partial charge is 0.336 e. The molecule has 2 aromatic rings. The molecule has 2 aromatic carbocycles. The number of benzene rings is 2. The monoisotopic (exact) mass is 466 g/mol. The summed E-state index contributed by atoms with van der Waals surface area (Å²) in [6.45, 7) is 0. The van der Waals surface area contributed by atoms with Gasteiger partial charge in [-0.3, -0.25) is 0 Å². The van der Waals surface area contributed by atoms with E-state index in [1.807, 2.05) is 0 Å². The summed E-state index contributed by atoms with van der Waals surface area (Å²) in [5.74, 6) is -2.41. The third-order valence-corrected chi connectivity index (χ3v) is 5.27. The van der Waals surface area contributed by atoms with E-state index in [1.54, 1.807) is 0 Å². The summed E-state index contributed by atoms with van der Waals surface area (Å²) < 4.78 is 0.797. The maximum Gasteiger partial charge on any atom is 0.336 e. The molecule has 0 bridgehead atoms. The van der Waals surface area contributed by atoms with Gasteiger partial charge in [-0.2, -0.15) is 0 Å². The predicted octanol–water partition coefficient (Wildman–Crippen LogP) is 5.58. The molecule has 2 rings (SSSR count). The second-order valence-corrected chi connectivity index (χ2v) is 6.76. The Morgan fingerprint density at radius 3 is 1.36 bits per heavy atom. The lowest BCUT2D eigenvalue weighted by molar-refractivity contribution is 0.0684. The van der Waals surface area contributed by atoms with Crippen molar-refractivity contribution in [1.29, 1.82) is 0 Å². The van der Waals surface area contributed by atoms with E-state index in [9.17, 15) is 19.8 Å². The number of rotatable bonds is 3. The molecular weight excluding hydrogens is 463 g/mol. The quantitative estimate of drug-likeness (QED) is 0.616. The summed E-state index contributed by atoms with van der Waals surface area (Å²) in [6.07, 6.45) is 0. The summed E-state index contributed by atoms with van der Waals surface area (Å²) in [7, 11) is 0. The average Bonchev–Trinajstić information content (AvgIpc) is 2.43. The van der Waals surface area contributed by atoms with Crippen molar-refractivity contribution < 1.29 is 19.8 Å². The lowest BCUT2D eigenvalue weighted by atomic mass is 9.95. The Bertz CT molecular complexity index is 738. The summed E-state index contributed by atoms with van der Waals surface area (Å²) in [5, 5.41) is 19.2. The zero-order valence-electron chi connectivity index (χ0n) is 10.5. The number of carbonyl (C=O) groups is 2. The number of halogens is 4. The fraction of sp³-hybridized carbons (Fsp3) is 0. The summed E-state index contributed by atoms with van der Waals surface area (Å²) in [4.78, 5) is 22.9. The standard InChI is InChI=1S/C14H6Br2Cl2O4/c15-9-1-7(13(19)20)5(3-11(9)17)6-4-12(18)10(16)2-8(6)14(21)22/h1-4H,(H,19,20)(H,21,22). The Balaban J connectivity index is 2.87. The molecule has 0 aliphatic rings. The van der Waals surface area contributed by atoms with E-state index < -0.39 is 11.9 Å². The molecule has 114 valence electrons. The molecule has 0 saturated carbocycles. The highest BCUT2D eigenvalue weighted by atomic mass is 79.9. The zero-order chi connectivity index (χ0) is 16.6. The van der Waals surface area contributed by atoms with Crippen molar-refractivity contribution in [3.8, 4) is 11.1 Å². The molecule has 0 aliphatic heterocycles. The van der Waals surface area contributed by atoms with Crippen LogP contribution >= 0.6 is 55.1 Å². The normalized spacial score (nSPS) is 10.5. The van der Waals surface area contributed by atoms with Crippen LogP contribution in [0.5, 0.6) is 0 Å². The molecule has 0 unspecified atom stereocenters. The highest BCUT2D eigenvalue weighted by Crippen LogP contribution is 2.37. The van der Waals surface area contributed by atoms with Gasteiger partial charge in [-0.25, -0.2) is 9.59 Å². The SMILES string of the molecule is O=C(O)c1cc(Br)c(Cl)cc1-c1cc(Cl)c(Br)cc1C(=O)O. The van der Waals surface area contributed by atoms with Crippen molar-refractivity contribution in [3.63, 3.8) is 0 Å². The topological polar surface area (TPSA) is 74.6 Å². The maximum atomic E-state index is 11.4. The van der Waals surface area contributed by atoms with Crippen molar-refractivity contribution in [2.45, 2.75) is 0 Å². The van der Waals surface area contributed by atoms with Crippen LogP contribution < -0.4 is 0 Å². The van der Waals surface area contributed by atoms with Gasteiger partial charge in [0.05, 0.1) is 21.2 Å². The van der Waals surface area contributed by atoms with Gasteiger partial charge >= 0.3 is 11.9 Å². The minimum absolute atomic E-state index is 0.0860. The average molecular weight is 469 g/mol. The van der Waals surface area contributed by atoms with E-state index in [1.165, 1.54) is 24.3 Å². The van der Waals surface area contributed by atoms with Gasteiger partial charge in [-0.15, -0.1) is 0 Å². The minimum Gasteiger partial charge on any atom is -0.478 e. The van der Waals surface area contributed by atoms with Crippen molar-refractivity contribution >= 4 is 67.0 Å². The van der Waals surface area contributed by atoms with Crippen LogP contribution in [0.4, 0.5) is 0 Å². The van der Waals surface area contributed by atoms with Gasteiger partial charge in [-0.1, -0.05) is 23.2 Å². The van der Waals surface area contributed by atoms with E-state index in [2.05, 4.69) is 31.9 Å². The van der Waals surface area contributed by atoms with Gasteiger partial charge in [0.2, 0.25) is 0 Å². The molecule has 0 spiro atoms. The molecule has 22 heavy (non-hydrogen) atoms. The van der Waals surface area contributed by atoms with Crippen LogP contribution in [0.3, 0.4) is 0 Å². The number of hydrogen-bond donors (Lipinski definition) is 2. The molecule has 0 saturated heterocycles. The maximum absolute atomic E-state index is 11.4. The highest BCUT2D eigenvalue weighted by Gasteiger charge is 2.21. The van der Waals surface area contributed by atoms with E-state index in [4.69, 9.17) is 23.2 Å². The summed E-state index contributed by atoms with van der Waals surface area (Å²) >= 11 is 18.3. The Morgan fingerprint density at radius 2 is 1.09 bits per heavy atom. The van der Waals surface area contributed by atoms with Crippen LogP contribution in [0.1, 0.15) is 20.7 Å². The molecular formula is C14H6Br2Cl2O4. The molecule has 0 aromatic heterocycles. The van der Waals surface area contributed by atoms with Crippen LogP contribution in [0.15, 0.2) is 33.2 Å². The zero-order valence-corrected chi connectivity index (χ0v) is 15.2. The fourth-order valence-corrected chi connectivity index (χ4v) is 2.91. The van der Waals surface area contributed by atoms with Gasteiger partial charge in [0.25, 0.3) is 0 Å². The van der Waals surface area contributed by atoms with Crippen molar-refractivity contribution in [1.82, 2.24) is 0 Å². The molecule has 0 atom stereocenters. The van der Waals surface area contributed by atoms with Crippen molar-refractivity contribution in [3.05, 3.63) is 54.4 Å². The van der Waals surface area contributed by atoms with Gasteiger partial charge in [0.1, 0.15) is 0 Å². The lowest BCUT2D eigenvalue weighted by Gasteiger charge is -2.12. The first-order valence-corrected chi connectivity index (χ1v) is 8.01. The third-order valence-electron chi connectivity index (χ3n) is 2.87. The number of hydrogen-bond acceptors (Lipinski definition) is 2. The predicted molar refractivity (Wildman–Crippen MR) is 91.2 cm³/mol. The molecule has 0 fully saturated rings. The first-order chi connectivity index (χ1) is 10.2. The third kappa shape index (κ3) is 3.30. The molecule has 2 N–H and O–H groups in total. The van der Waals surface area contributed by atoms with Crippen molar-refractivity contribution in [2.75, 3.05) is 0 Å². The largest absolute Gasteiger partial charge is 0.478 e. The Kier molecular flexibility index (Phi) is 5.17. The van der Waals surface area contributed by atoms with Gasteiger partial charge < -0.3 is 10.2 Å². The number of carboxylic acids is 2. The fourth-order valence-electron chi connectivity index (χ4n) is 1.89. The lowest BCUT2D eigenvalue weighted by Crippen LogP contribution is -2.05. The Morgan fingerprint density at radius 1 is 0.773 bits per heavy atom. The minimum atomic E-state index is -1.21.